The molecule has 0 radical (unpaired) electrons. The first-order valence-corrected chi connectivity index (χ1v) is 9.20. The molecule has 1 rings (SSSR count). The Balaban J connectivity index is 2.87. The van der Waals surface area contributed by atoms with Crippen LogP contribution in [0.1, 0.15) is 6.92 Å². The minimum atomic E-state index is -3.88. The van der Waals surface area contributed by atoms with E-state index in [1.807, 2.05) is 0 Å². The van der Waals surface area contributed by atoms with Crippen LogP contribution in [-0.4, -0.2) is 35.6 Å². The Morgan fingerprint density at radius 3 is 2.65 bits per heavy atom. The van der Waals surface area contributed by atoms with Crippen molar-refractivity contribution in [2.24, 2.45) is 5.84 Å². The lowest BCUT2D eigenvalue weighted by molar-refractivity contribution is -0.383. The van der Waals surface area contributed by atoms with E-state index in [9.17, 15) is 22.7 Å². The molecule has 0 aliphatic rings. The summed E-state index contributed by atoms with van der Waals surface area (Å²) >= 11 is 0.655. The molecule has 1 atom stereocenters. The minimum absolute atomic E-state index is 0.000130. The first kappa shape index (κ1) is 17.0. The summed E-state index contributed by atoms with van der Waals surface area (Å²) in [5.41, 5.74) is 1.68. The molecule has 1 heterocycles. The number of thiophene rings is 1. The fourth-order valence-electron chi connectivity index (χ4n) is 1.24. The molecule has 0 spiro atoms. The number of nitrogens with zero attached hydrogens (tertiary/aromatic N) is 1. The average molecular weight is 342 g/mol. The lowest BCUT2D eigenvalue weighted by Crippen LogP contribution is -2.27. The van der Waals surface area contributed by atoms with Crippen molar-refractivity contribution in [3.05, 3.63) is 16.2 Å². The predicted octanol–water partition coefficient (Wildman–Crippen LogP) is -0.0112. The zero-order valence-electron chi connectivity index (χ0n) is 10.5. The zero-order valence-corrected chi connectivity index (χ0v) is 12.9. The van der Waals surface area contributed by atoms with Gasteiger partial charge in [0.25, 0.3) is 0 Å². The number of hydrogen-bond acceptors (Lipinski definition) is 8. The first-order chi connectivity index (χ1) is 9.31. The summed E-state index contributed by atoms with van der Waals surface area (Å²) in [4.78, 5) is 10.00. The smallest absolute Gasteiger partial charge is 0.306 e. The standard InChI is InChI=1S/C8H14N4O5S3/c1-2-19(15)4-3-10-20(16,17)7-5-6(12(13)14)8(11-9)18-7/h5,10-11H,2-4,9H2,1H3. The van der Waals surface area contributed by atoms with Gasteiger partial charge in [0, 0.05) is 34.9 Å². The molecule has 114 valence electrons. The number of hydrogen-bond donors (Lipinski definition) is 3. The molecular formula is C8H14N4O5S3. The van der Waals surface area contributed by atoms with Crippen LogP contribution in [0.3, 0.4) is 0 Å². The van der Waals surface area contributed by atoms with Crippen molar-refractivity contribution in [3.63, 3.8) is 0 Å². The first-order valence-electron chi connectivity index (χ1n) is 5.41. The molecule has 0 fully saturated rings. The summed E-state index contributed by atoms with van der Waals surface area (Å²) in [6.45, 7) is 1.73. The Bertz CT molecular complexity index is 612. The van der Waals surface area contributed by atoms with Crippen molar-refractivity contribution in [2.75, 3.05) is 23.5 Å². The second-order valence-electron chi connectivity index (χ2n) is 3.51. The third-order valence-electron chi connectivity index (χ3n) is 2.23. The van der Waals surface area contributed by atoms with Gasteiger partial charge >= 0.3 is 5.69 Å². The molecule has 0 amide bonds. The van der Waals surface area contributed by atoms with E-state index in [1.54, 1.807) is 6.92 Å². The molecule has 4 N–H and O–H groups in total. The Morgan fingerprint density at radius 1 is 1.55 bits per heavy atom. The average Bonchev–Trinajstić information content (AvgIpc) is 2.83. The topological polar surface area (TPSA) is 144 Å². The quantitative estimate of drug-likeness (QED) is 0.342. The predicted molar refractivity (Wildman–Crippen MR) is 77.5 cm³/mol. The fraction of sp³-hybridized carbons (Fsp3) is 0.500. The van der Waals surface area contributed by atoms with E-state index < -0.39 is 31.4 Å². The van der Waals surface area contributed by atoms with Crippen molar-refractivity contribution in [3.8, 4) is 0 Å². The summed E-state index contributed by atoms with van der Waals surface area (Å²) in [6, 6.07) is 0.930. The SMILES string of the molecule is CCS(=O)CCNS(=O)(=O)c1cc([N+](=O)[O-])c(NN)s1. The van der Waals surface area contributed by atoms with Crippen LogP contribution in [0.25, 0.3) is 0 Å². The van der Waals surface area contributed by atoms with Gasteiger partial charge in [-0.25, -0.2) is 19.0 Å². The third-order valence-corrected chi connectivity index (χ3v) is 6.52. The monoisotopic (exact) mass is 342 g/mol. The maximum Gasteiger partial charge on any atom is 0.306 e. The van der Waals surface area contributed by atoms with Crippen molar-refractivity contribution < 1.29 is 17.6 Å². The second kappa shape index (κ2) is 7.08. The number of nitrogen functional groups attached to an aromatic ring is 1. The summed E-state index contributed by atoms with van der Waals surface area (Å²) in [5.74, 6) is 5.73. The van der Waals surface area contributed by atoms with Gasteiger partial charge in [-0.3, -0.25) is 14.3 Å². The number of nitrogens with one attached hydrogen (secondary N) is 2. The number of nitro groups is 1. The van der Waals surface area contributed by atoms with Gasteiger partial charge in [0.15, 0.2) is 5.00 Å². The summed E-state index contributed by atoms with van der Waals surface area (Å²) in [7, 11) is -4.97. The van der Waals surface area contributed by atoms with Crippen molar-refractivity contribution in [2.45, 2.75) is 11.1 Å². The van der Waals surface area contributed by atoms with E-state index in [2.05, 4.69) is 10.1 Å². The van der Waals surface area contributed by atoms with Crippen LogP contribution >= 0.6 is 11.3 Å². The van der Waals surface area contributed by atoms with Crippen LogP contribution in [-0.2, 0) is 20.8 Å². The highest BCUT2D eigenvalue weighted by atomic mass is 32.2. The van der Waals surface area contributed by atoms with Gasteiger partial charge in [0.05, 0.1) is 4.92 Å². The Kier molecular flexibility index (Phi) is 6.01. The molecule has 12 heteroatoms. The molecule has 0 aliphatic carbocycles. The van der Waals surface area contributed by atoms with Crippen LogP contribution in [0.5, 0.6) is 0 Å². The van der Waals surface area contributed by atoms with E-state index in [0.717, 1.165) is 6.07 Å². The molecule has 0 saturated carbocycles. The second-order valence-corrected chi connectivity index (χ2v) is 8.42. The number of sulfonamides is 1. The highest BCUT2D eigenvalue weighted by Gasteiger charge is 2.25. The number of anilines is 1. The molecule has 0 aliphatic heterocycles. The molecule has 0 aromatic carbocycles. The molecule has 1 aromatic rings. The van der Waals surface area contributed by atoms with Gasteiger partial charge < -0.3 is 5.43 Å². The van der Waals surface area contributed by atoms with Crippen LogP contribution in [0.15, 0.2) is 10.3 Å². The minimum Gasteiger partial charge on any atom is -0.310 e. The Hall–Kier alpha value is -1.08. The van der Waals surface area contributed by atoms with Gasteiger partial charge in [-0.05, 0) is 0 Å². The zero-order chi connectivity index (χ0) is 15.3. The summed E-state index contributed by atoms with van der Waals surface area (Å²) in [6.07, 6.45) is 0. The number of nitrogens with two attached hydrogens (primary N) is 1. The largest absolute Gasteiger partial charge is 0.310 e. The molecule has 20 heavy (non-hydrogen) atoms. The molecule has 1 unspecified atom stereocenters. The highest BCUT2D eigenvalue weighted by Crippen LogP contribution is 2.36. The van der Waals surface area contributed by atoms with Crippen molar-refractivity contribution >= 4 is 42.8 Å². The van der Waals surface area contributed by atoms with Crippen molar-refractivity contribution in [1.29, 1.82) is 0 Å². The van der Waals surface area contributed by atoms with Crippen LogP contribution in [0.4, 0.5) is 10.7 Å². The molecular weight excluding hydrogens is 328 g/mol. The Morgan fingerprint density at radius 2 is 2.20 bits per heavy atom. The lowest BCUT2D eigenvalue weighted by atomic mass is 10.5. The number of rotatable bonds is 8. The molecule has 9 nitrogen and oxygen atoms in total. The van der Waals surface area contributed by atoms with E-state index in [-0.39, 0.29) is 21.5 Å². The maximum atomic E-state index is 11.9. The number of hydrazine groups is 1. The van der Waals surface area contributed by atoms with E-state index in [4.69, 9.17) is 5.84 Å². The van der Waals surface area contributed by atoms with Gasteiger partial charge in [-0.2, -0.15) is 0 Å². The van der Waals surface area contributed by atoms with Crippen molar-refractivity contribution in [1.82, 2.24) is 4.72 Å². The van der Waals surface area contributed by atoms with E-state index >= 15 is 0 Å². The Labute approximate surface area is 122 Å². The van der Waals surface area contributed by atoms with Gasteiger partial charge in [0.1, 0.15) is 4.21 Å². The third kappa shape index (κ3) is 4.21. The highest BCUT2D eigenvalue weighted by molar-refractivity contribution is 7.91. The maximum absolute atomic E-state index is 11.9. The van der Waals surface area contributed by atoms with Gasteiger partial charge in [-0.1, -0.05) is 18.3 Å². The summed E-state index contributed by atoms with van der Waals surface area (Å²) in [5, 5.41) is 10.7. The van der Waals surface area contributed by atoms with Crippen LogP contribution < -0.4 is 16.0 Å². The van der Waals surface area contributed by atoms with Crippen LogP contribution in [0, 0.1) is 10.1 Å². The molecule has 0 bridgehead atoms. The normalized spacial score (nSPS) is 13.1. The van der Waals surface area contributed by atoms with Gasteiger partial charge in [0.2, 0.25) is 10.0 Å². The summed E-state index contributed by atoms with van der Waals surface area (Å²) < 4.78 is 37.0. The van der Waals surface area contributed by atoms with Crippen LogP contribution in [0.2, 0.25) is 0 Å². The van der Waals surface area contributed by atoms with Gasteiger partial charge in [-0.15, -0.1) is 0 Å². The lowest BCUT2D eigenvalue weighted by Gasteiger charge is -2.03. The van der Waals surface area contributed by atoms with E-state index in [1.165, 1.54) is 0 Å². The fourth-order valence-corrected chi connectivity index (χ4v) is 4.30. The van der Waals surface area contributed by atoms with E-state index in [0.29, 0.717) is 17.1 Å². The molecule has 1 aromatic heterocycles. The molecule has 0 saturated heterocycles.